The highest BCUT2D eigenvalue weighted by atomic mass is 79.9. The monoisotopic (exact) mass is 295 g/mol. The normalized spacial score (nSPS) is 21.7. The molecular weight excluding hydrogens is 278 g/mol. The van der Waals surface area contributed by atoms with Crippen LogP contribution in [0.3, 0.4) is 0 Å². The summed E-state index contributed by atoms with van der Waals surface area (Å²) >= 11 is 3.56. The molecule has 0 amide bonds. The Bertz CT molecular complexity index is 423. The average Bonchev–Trinajstić information content (AvgIpc) is 2.73. The van der Waals surface area contributed by atoms with Crippen molar-refractivity contribution in [1.82, 2.24) is 9.97 Å². The van der Waals surface area contributed by atoms with Crippen LogP contribution in [-0.4, -0.2) is 9.97 Å². The summed E-state index contributed by atoms with van der Waals surface area (Å²) in [4.78, 5) is 9.25. The van der Waals surface area contributed by atoms with Crippen molar-refractivity contribution in [2.24, 2.45) is 0 Å². The van der Waals surface area contributed by atoms with Gasteiger partial charge >= 0.3 is 0 Å². The van der Waals surface area contributed by atoms with Crippen LogP contribution in [0.25, 0.3) is 0 Å². The van der Waals surface area contributed by atoms with E-state index in [2.05, 4.69) is 20.9 Å². The van der Waals surface area contributed by atoms with Crippen molar-refractivity contribution >= 4 is 21.7 Å². The highest BCUT2D eigenvalue weighted by Gasteiger charge is 2.27. The number of aromatic nitrogens is 2. The van der Waals surface area contributed by atoms with Gasteiger partial charge in [0.25, 0.3) is 0 Å². The lowest BCUT2D eigenvalue weighted by atomic mass is 9.84. The molecule has 0 aromatic carbocycles. The molecule has 2 aliphatic carbocycles. The molecule has 1 aromatic heterocycles. The standard InChI is InChI=1S/C13H18BrN3/c14-10-11(8-4-1-2-5-8)16-13(17-12(10)15)9-6-3-7-9/h8-9H,1-7H2,(H2,15,16,17). The molecule has 0 unspecified atom stereocenters. The van der Waals surface area contributed by atoms with E-state index in [9.17, 15) is 0 Å². The van der Waals surface area contributed by atoms with Crippen molar-refractivity contribution in [3.8, 4) is 0 Å². The molecule has 2 aliphatic rings. The number of hydrogen-bond donors (Lipinski definition) is 1. The summed E-state index contributed by atoms with van der Waals surface area (Å²) < 4.78 is 0.937. The third kappa shape index (κ3) is 2.07. The van der Waals surface area contributed by atoms with Gasteiger partial charge in [-0.15, -0.1) is 0 Å². The van der Waals surface area contributed by atoms with Crippen LogP contribution in [0.1, 0.15) is 68.3 Å². The molecule has 2 N–H and O–H groups in total. The molecule has 3 nitrogen and oxygen atoms in total. The van der Waals surface area contributed by atoms with Crippen LogP contribution in [0.2, 0.25) is 0 Å². The van der Waals surface area contributed by atoms with Gasteiger partial charge < -0.3 is 5.73 Å². The first-order valence-corrected chi connectivity index (χ1v) is 7.38. The van der Waals surface area contributed by atoms with Gasteiger partial charge in [-0.1, -0.05) is 19.3 Å². The minimum atomic E-state index is 0.561. The summed E-state index contributed by atoms with van der Waals surface area (Å²) in [5.41, 5.74) is 7.17. The minimum absolute atomic E-state index is 0.561. The number of halogens is 1. The Morgan fingerprint density at radius 1 is 0.941 bits per heavy atom. The summed E-state index contributed by atoms with van der Waals surface area (Å²) in [7, 11) is 0. The number of anilines is 1. The van der Waals surface area contributed by atoms with Gasteiger partial charge in [0, 0.05) is 11.8 Å². The maximum atomic E-state index is 6.01. The second kappa shape index (κ2) is 4.56. The van der Waals surface area contributed by atoms with Crippen molar-refractivity contribution in [3.63, 3.8) is 0 Å². The van der Waals surface area contributed by atoms with Gasteiger partial charge in [-0.25, -0.2) is 9.97 Å². The molecule has 0 atom stereocenters. The molecule has 2 fully saturated rings. The van der Waals surface area contributed by atoms with Crippen molar-refractivity contribution < 1.29 is 0 Å². The summed E-state index contributed by atoms with van der Waals surface area (Å²) in [5.74, 6) is 2.77. The minimum Gasteiger partial charge on any atom is -0.383 e. The number of nitrogen functional groups attached to an aromatic ring is 1. The van der Waals surface area contributed by atoms with Crippen LogP contribution in [0, 0.1) is 0 Å². The van der Waals surface area contributed by atoms with Gasteiger partial charge in [0.2, 0.25) is 0 Å². The highest BCUT2D eigenvalue weighted by Crippen LogP contribution is 2.41. The molecule has 1 heterocycles. The fourth-order valence-corrected chi connectivity index (χ4v) is 3.32. The second-order valence-electron chi connectivity index (χ2n) is 5.28. The number of hydrogen-bond acceptors (Lipinski definition) is 3. The van der Waals surface area contributed by atoms with E-state index < -0.39 is 0 Å². The first kappa shape index (κ1) is 11.5. The smallest absolute Gasteiger partial charge is 0.141 e. The Morgan fingerprint density at radius 3 is 2.18 bits per heavy atom. The summed E-state index contributed by atoms with van der Waals surface area (Å²) in [6.45, 7) is 0. The molecule has 1 aromatic rings. The van der Waals surface area contributed by atoms with E-state index in [0.717, 1.165) is 16.0 Å². The average molecular weight is 296 g/mol. The van der Waals surface area contributed by atoms with Crippen LogP contribution in [0.15, 0.2) is 4.47 Å². The van der Waals surface area contributed by atoms with Crippen LogP contribution < -0.4 is 5.73 Å². The second-order valence-corrected chi connectivity index (χ2v) is 6.07. The predicted octanol–water partition coefficient (Wildman–Crippen LogP) is 3.75. The third-order valence-corrected chi connectivity index (χ3v) is 4.94. The molecule has 0 radical (unpaired) electrons. The van der Waals surface area contributed by atoms with E-state index in [1.807, 2.05) is 0 Å². The van der Waals surface area contributed by atoms with Crippen LogP contribution in [0.4, 0.5) is 5.82 Å². The SMILES string of the molecule is Nc1nc(C2CCC2)nc(C2CCCC2)c1Br. The molecule has 2 saturated carbocycles. The zero-order valence-corrected chi connectivity index (χ0v) is 11.5. The van der Waals surface area contributed by atoms with E-state index >= 15 is 0 Å². The predicted molar refractivity (Wildman–Crippen MR) is 71.9 cm³/mol. The summed E-state index contributed by atoms with van der Waals surface area (Å²) in [5, 5.41) is 0. The Kier molecular flexibility index (Phi) is 3.07. The van der Waals surface area contributed by atoms with Crippen molar-refractivity contribution in [2.45, 2.75) is 56.8 Å². The van der Waals surface area contributed by atoms with Gasteiger partial charge in [-0.2, -0.15) is 0 Å². The van der Waals surface area contributed by atoms with Crippen LogP contribution in [-0.2, 0) is 0 Å². The molecule has 3 rings (SSSR count). The molecule has 0 bridgehead atoms. The number of nitrogens with zero attached hydrogens (tertiary/aromatic N) is 2. The van der Waals surface area contributed by atoms with E-state index in [1.54, 1.807) is 0 Å². The summed E-state index contributed by atoms with van der Waals surface area (Å²) in [6.07, 6.45) is 8.90. The van der Waals surface area contributed by atoms with Gasteiger partial charge in [-0.3, -0.25) is 0 Å². The Labute approximate surface area is 110 Å². The maximum Gasteiger partial charge on any atom is 0.141 e. The fourth-order valence-electron chi connectivity index (χ4n) is 2.82. The van der Waals surface area contributed by atoms with Gasteiger partial charge in [0.05, 0.1) is 10.2 Å². The lowest BCUT2D eigenvalue weighted by Crippen LogP contribution is -2.16. The first-order chi connectivity index (χ1) is 8.25. The van der Waals surface area contributed by atoms with Crippen LogP contribution in [0.5, 0.6) is 0 Å². The van der Waals surface area contributed by atoms with E-state index in [-0.39, 0.29) is 0 Å². The van der Waals surface area contributed by atoms with E-state index in [1.165, 1.54) is 44.9 Å². The largest absolute Gasteiger partial charge is 0.383 e. The number of rotatable bonds is 2. The zero-order chi connectivity index (χ0) is 11.8. The Balaban J connectivity index is 1.96. The van der Waals surface area contributed by atoms with Crippen LogP contribution >= 0.6 is 15.9 Å². The summed E-state index contributed by atoms with van der Waals surface area (Å²) in [6, 6.07) is 0. The zero-order valence-electron chi connectivity index (χ0n) is 9.95. The quantitative estimate of drug-likeness (QED) is 0.904. The molecular formula is C13H18BrN3. The van der Waals surface area contributed by atoms with Crippen molar-refractivity contribution in [2.75, 3.05) is 5.73 Å². The molecule has 92 valence electrons. The van der Waals surface area contributed by atoms with E-state index in [4.69, 9.17) is 10.7 Å². The molecule has 0 saturated heterocycles. The third-order valence-electron chi connectivity index (χ3n) is 4.13. The van der Waals surface area contributed by atoms with Crippen molar-refractivity contribution in [3.05, 3.63) is 16.0 Å². The topological polar surface area (TPSA) is 51.8 Å². The lowest BCUT2D eigenvalue weighted by molar-refractivity contribution is 0.399. The van der Waals surface area contributed by atoms with Gasteiger partial charge in [-0.05, 0) is 41.6 Å². The van der Waals surface area contributed by atoms with Crippen molar-refractivity contribution in [1.29, 1.82) is 0 Å². The number of nitrogens with two attached hydrogens (primary N) is 1. The van der Waals surface area contributed by atoms with E-state index in [0.29, 0.717) is 17.7 Å². The maximum absolute atomic E-state index is 6.01. The lowest BCUT2D eigenvalue weighted by Gasteiger charge is -2.25. The molecule has 0 aliphatic heterocycles. The highest BCUT2D eigenvalue weighted by molar-refractivity contribution is 9.10. The molecule has 0 spiro atoms. The van der Waals surface area contributed by atoms with Gasteiger partial charge in [0.1, 0.15) is 11.6 Å². The molecule has 4 heteroatoms. The Morgan fingerprint density at radius 2 is 1.59 bits per heavy atom. The Hall–Kier alpha value is -0.640. The fraction of sp³-hybridized carbons (Fsp3) is 0.692. The van der Waals surface area contributed by atoms with Gasteiger partial charge in [0.15, 0.2) is 0 Å². The first-order valence-electron chi connectivity index (χ1n) is 6.58. The molecule has 17 heavy (non-hydrogen) atoms.